The fourth-order valence-electron chi connectivity index (χ4n) is 3.93. The van der Waals surface area contributed by atoms with Gasteiger partial charge in [0.25, 0.3) is 0 Å². The molecule has 168 valence electrons. The Labute approximate surface area is 185 Å². The van der Waals surface area contributed by atoms with Gasteiger partial charge in [-0.3, -0.25) is 9.59 Å². The minimum Gasteiger partial charge on any atom is -0.361 e. The predicted octanol–water partition coefficient (Wildman–Crippen LogP) is 4.69. The van der Waals surface area contributed by atoms with Crippen molar-refractivity contribution in [1.29, 1.82) is 0 Å². The number of aromatic nitrogens is 1. The second-order valence-electron chi connectivity index (χ2n) is 7.54. The van der Waals surface area contributed by atoms with Gasteiger partial charge in [0, 0.05) is 35.2 Å². The summed E-state index contributed by atoms with van der Waals surface area (Å²) in [6.45, 7) is 0.180. The van der Waals surface area contributed by atoms with Crippen molar-refractivity contribution >= 4 is 40.0 Å². The Morgan fingerprint density at radius 3 is 2.75 bits per heavy atom. The van der Waals surface area contributed by atoms with Gasteiger partial charge in [0.05, 0.1) is 11.3 Å². The van der Waals surface area contributed by atoms with Crippen LogP contribution in [0.3, 0.4) is 0 Å². The first kappa shape index (κ1) is 22.1. The number of fused-ring (bicyclic) bond motifs is 1. The molecule has 0 saturated carbocycles. The van der Waals surface area contributed by atoms with Crippen LogP contribution in [-0.4, -0.2) is 29.9 Å². The molecular weight excluding hydrogens is 450 g/mol. The van der Waals surface area contributed by atoms with Crippen molar-refractivity contribution in [2.45, 2.75) is 19.0 Å². The number of carbonyl (C=O) groups excluding carboxylic acids is 2. The minimum atomic E-state index is -4.83. The molecule has 1 aromatic heterocycles. The van der Waals surface area contributed by atoms with Crippen LogP contribution < -0.4 is 10.2 Å². The third-order valence-electron chi connectivity index (χ3n) is 5.50. The van der Waals surface area contributed by atoms with Gasteiger partial charge in [0.2, 0.25) is 11.8 Å². The van der Waals surface area contributed by atoms with Crippen LogP contribution in [0.5, 0.6) is 0 Å². The van der Waals surface area contributed by atoms with E-state index in [1.165, 1.54) is 0 Å². The Kier molecular flexibility index (Phi) is 5.85. The zero-order chi connectivity index (χ0) is 23.0. The predicted molar refractivity (Wildman–Crippen MR) is 112 cm³/mol. The average Bonchev–Trinajstić information content (AvgIpc) is 3.30. The van der Waals surface area contributed by atoms with Gasteiger partial charge in [-0.15, -0.1) is 0 Å². The molecule has 2 amide bonds. The van der Waals surface area contributed by atoms with Gasteiger partial charge in [0.1, 0.15) is 11.7 Å². The van der Waals surface area contributed by atoms with Crippen molar-refractivity contribution in [1.82, 2.24) is 10.3 Å². The molecule has 2 N–H and O–H groups in total. The van der Waals surface area contributed by atoms with Crippen LogP contribution in [0.4, 0.5) is 23.2 Å². The largest absolute Gasteiger partial charge is 0.418 e. The van der Waals surface area contributed by atoms with Crippen LogP contribution >= 0.6 is 11.6 Å². The van der Waals surface area contributed by atoms with E-state index in [0.717, 1.165) is 33.5 Å². The summed E-state index contributed by atoms with van der Waals surface area (Å²) in [4.78, 5) is 29.3. The number of alkyl halides is 3. The smallest absolute Gasteiger partial charge is 0.361 e. The molecule has 1 saturated heterocycles. The Morgan fingerprint density at radius 1 is 1.22 bits per heavy atom. The van der Waals surface area contributed by atoms with Crippen LogP contribution in [0.15, 0.2) is 42.6 Å². The van der Waals surface area contributed by atoms with Gasteiger partial charge in [-0.25, -0.2) is 4.39 Å². The Bertz CT molecular complexity index is 1190. The Morgan fingerprint density at radius 2 is 2.00 bits per heavy atom. The number of aromatic amines is 1. The molecule has 1 aliphatic rings. The third kappa shape index (κ3) is 4.29. The highest BCUT2D eigenvalue weighted by Crippen LogP contribution is 2.39. The van der Waals surface area contributed by atoms with E-state index in [2.05, 4.69) is 10.3 Å². The number of hydrogen-bond acceptors (Lipinski definition) is 2. The van der Waals surface area contributed by atoms with Crippen LogP contribution in [0.25, 0.3) is 10.9 Å². The fraction of sp³-hybridized carbons (Fsp3) is 0.273. The molecule has 1 unspecified atom stereocenters. The quantitative estimate of drug-likeness (QED) is 0.422. The van der Waals surface area contributed by atoms with E-state index in [9.17, 15) is 27.2 Å². The molecule has 5 nitrogen and oxygen atoms in total. The molecule has 4 rings (SSSR count). The second kappa shape index (κ2) is 8.46. The fourth-order valence-corrected chi connectivity index (χ4v) is 4.11. The van der Waals surface area contributed by atoms with E-state index >= 15 is 0 Å². The summed E-state index contributed by atoms with van der Waals surface area (Å²) in [6.07, 6.45) is -2.47. The number of H-pyrrole nitrogens is 1. The number of nitrogens with one attached hydrogen (secondary N) is 2. The van der Waals surface area contributed by atoms with Gasteiger partial charge >= 0.3 is 6.18 Å². The summed E-state index contributed by atoms with van der Waals surface area (Å²) < 4.78 is 53.3. The van der Waals surface area contributed by atoms with Crippen molar-refractivity contribution in [3.05, 3.63) is 64.6 Å². The van der Waals surface area contributed by atoms with Gasteiger partial charge in [-0.2, -0.15) is 13.2 Å². The summed E-state index contributed by atoms with van der Waals surface area (Å²) in [5, 5.41) is 4.19. The molecule has 0 aliphatic carbocycles. The molecule has 2 heterocycles. The van der Waals surface area contributed by atoms with E-state index in [4.69, 9.17) is 11.6 Å². The van der Waals surface area contributed by atoms with E-state index < -0.39 is 41.0 Å². The summed E-state index contributed by atoms with van der Waals surface area (Å²) >= 11 is 6.03. The lowest BCUT2D eigenvalue weighted by Crippen LogP contribution is -2.38. The highest BCUT2D eigenvalue weighted by Gasteiger charge is 2.42. The molecule has 32 heavy (non-hydrogen) atoms. The first-order chi connectivity index (χ1) is 15.1. The van der Waals surface area contributed by atoms with E-state index in [0.29, 0.717) is 17.5 Å². The highest BCUT2D eigenvalue weighted by molar-refractivity contribution is 6.31. The molecule has 0 radical (unpaired) electrons. The monoisotopic (exact) mass is 467 g/mol. The molecule has 1 aliphatic heterocycles. The number of carbonyl (C=O) groups is 2. The zero-order valence-corrected chi connectivity index (χ0v) is 17.4. The minimum absolute atomic E-state index is 0.0629. The average molecular weight is 468 g/mol. The van der Waals surface area contributed by atoms with Crippen molar-refractivity contribution in [3.8, 4) is 0 Å². The first-order valence-corrected chi connectivity index (χ1v) is 10.2. The van der Waals surface area contributed by atoms with E-state index in [1.54, 1.807) is 6.07 Å². The Balaban J connectivity index is 1.42. The molecule has 10 heteroatoms. The third-order valence-corrected chi connectivity index (χ3v) is 5.73. The van der Waals surface area contributed by atoms with Gasteiger partial charge in [-0.1, -0.05) is 11.6 Å². The van der Waals surface area contributed by atoms with Crippen LogP contribution in [0, 0.1) is 11.7 Å². The van der Waals surface area contributed by atoms with Crippen molar-refractivity contribution in [2.24, 2.45) is 5.92 Å². The molecule has 1 fully saturated rings. The summed E-state index contributed by atoms with van der Waals surface area (Å²) in [6, 6.07) is 7.54. The number of nitrogens with zero attached hydrogens (tertiary/aromatic N) is 1. The standard InChI is InChI=1S/C22H18ClF4N3O2/c23-13-1-3-18-16(9-13)12(11-29-18)5-7-28-20(31)15-6-8-30(21(15)32)19-4-2-14(24)10-17(19)22(25,26)27/h1-4,9-11,15,29H,5-8H2,(H,28,31). The SMILES string of the molecule is O=C(NCCc1c[nH]c2ccc(Cl)cc12)C1CCN(c2ccc(F)cc2C(F)(F)F)C1=O. The lowest BCUT2D eigenvalue weighted by atomic mass is 10.1. The number of hydrogen-bond donors (Lipinski definition) is 2. The highest BCUT2D eigenvalue weighted by atomic mass is 35.5. The van der Waals surface area contributed by atoms with Crippen molar-refractivity contribution in [3.63, 3.8) is 0 Å². The van der Waals surface area contributed by atoms with Gasteiger partial charge < -0.3 is 15.2 Å². The number of rotatable bonds is 5. The molecule has 0 spiro atoms. The lowest BCUT2D eigenvalue weighted by Gasteiger charge is -2.21. The molecular formula is C22H18ClF4N3O2. The second-order valence-corrected chi connectivity index (χ2v) is 7.97. The molecule has 2 aromatic carbocycles. The maximum absolute atomic E-state index is 13.4. The maximum Gasteiger partial charge on any atom is 0.418 e. The first-order valence-electron chi connectivity index (χ1n) is 9.86. The number of benzene rings is 2. The maximum atomic E-state index is 13.4. The Hall–Kier alpha value is -3.07. The van der Waals surface area contributed by atoms with Gasteiger partial charge in [-0.05, 0) is 54.8 Å². The number of halogens is 5. The number of amides is 2. The normalized spacial score (nSPS) is 16.7. The molecule has 3 aromatic rings. The summed E-state index contributed by atoms with van der Waals surface area (Å²) in [7, 11) is 0. The van der Waals surface area contributed by atoms with Crippen molar-refractivity contribution in [2.75, 3.05) is 18.0 Å². The number of anilines is 1. The van der Waals surface area contributed by atoms with Crippen molar-refractivity contribution < 1.29 is 27.2 Å². The summed E-state index contributed by atoms with van der Waals surface area (Å²) in [5.41, 5.74) is 0.139. The van der Waals surface area contributed by atoms with Gasteiger partial charge in [0.15, 0.2) is 0 Å². The van der Waals surface area contributed by atoms with E-state index in [-0.39, 0.29) is 19.5 Å². The topological polar surface area (TPSA) is 65.2 Å². The zero-order valence-electron chi connectivity index (χ0n) is 16.6. The lowest BCUT2D eigenvalue weighted by molar-refractivity contribution is -0.137. The molecule has 1 atom stereocenters. The summed E-state index contributed by atoms with van der Waals surface area (Å²) in [5.74, 6) is -3.44. The van der Waals surface area contributed by atoms with Crippen LogP contribution in [0.1, 0.15) is 17.5 Å². The molecule has 0 bridgehead atoms. The van der Waals surface area contributed by atoms with Crippen LogP contribution in [-0.2, 0) is 22.2 Å². The van der Waals surface area contributed by atoms with E-state index in [1.807, 2.05) is 18.3 Å². The van der Waals surface area contributed by atoms with Crippen LogP contribution in [0.2, 0.25) is 5.02 Å².